The van der Waals surface area contributed by atoms with Crippen molar-refractivity contribution in [3.8, 4) is 0 Å². The number of imide groups is 1. The second-order valence-corrected chi connectivity index (χ2v) is 8.69. The summed E-state index contributed by atoms with van der Waals surface area (Å²) in [4.78, 5) is 31.0. The van der Waals surface area contributed by atoms with Crippen LogP contribution in [0, 0.1) is 20.8 Å². The van der Waals surface area contributed by atoms with Crippen molar-refractivity contribution in [2.24, 2.45) is 0 Å². The third-order valence-corrected chi connectivity index (χ3v) is 6.53. The van der Waals surface area contributed by atoms with Gasteiger partial charge < -0.3 is 4.90 Å². The standard InChI is InChI=1S/C28H26N2O2/c1-18-10-14-23(15-11-18)30-27(31)25(22-13-12-19(2)20(3)17-22)26(28(30)32)29-16-6-8-21-7-4-5-9-24(21)29/h4-5,7,9-15,17H,6,8,16H2,1-3H3. The second-order valence-electron chi connectivity index (χ2n) is 8.69. The van der Waals surface area contributed by atoms with E-state index in [0.29, 0.717) is 23.5 Å². The molecule has 0 radical (unpaired) electrons. The second kappa shape index (κ2) is 7.79. The van der Waals surface area contributed by atoms with E-state index in [1.54, 1.807) is 0 Å². The van der Waals surface area contributed by atoms with Crippen LogP contribution in [0.15, 0.2) is 72.4 Å². The van der Waals surface area contributed by atoms with Crippen LogP contribution in [-0.4, -0.2) is 18.4 Å². The third-order valence-electron chi connectivity index (χ3n) is 6.53. The molecular formula is C28H26N2O2. The van der Waals surface area contributed by atoms with Crippen molar-refractivity contribution in [3.05, 3.63) is 100 Å². The molecule has 0 spiro atoms. The molecule has 0 aliphatic carbocycles. The SMILES string of the molecule is Cc1ccc(N2C(=O)C(c3ccc(C)c(C)c3)=C(N3CCCc4ccccc43)C2=O)cc1. The van der Waals surface area contributed by atoms with Gasteiger partial charge in [-0.15, -0.1) is 0 Å². The predicted molar refractivity (Wildman–Crippen MR) is 129 cm³/mol. The van der Waals surface area contributed by atoms with Crippen LogP contribution < -0.4 is 9.80 Å². The smallest absolute Gasteiger partial charge is 0.282 e. The Balaban J connectivity index is 1.71. The Morgan fingerprint density at radius 1 is 0.781 bits per heavy atom. The normalized spacial score (nSPS) is 16.1. The van der Waals surface area contributed by atoms with E-state index in [1.807, 2.05) is 74.5 Å². The van der Waals surface area contributed by atoms with Gasteiger partial charge >= 0.3 is 0 Å². The number of carbonyl (C=O) groups excluding carboxylic acids is 2. The fourth-order valence-electron chi connectivity index (χ4n) is 4.62. The van der Waals surface area contributed by atoms with Crippen LogP contribution in [0.3, 0.4) is 0 Å². The zero-order chi connectivity index (χ0) is 22.4. The van der Waals surface area contributed by atoms with Gasteiger partial charge in [0, 0.05) is 12.2 Å². The molecule has 0 N–H and O–H groups in total. The highest BCUT2D eigenvalue weighted by molar-refractivity contribution is 6.46. The Kier molecular flexibility index (Phi) is 4.93. The number of hydrogen-bond acceptors (Lipinski definition) is 3. The molecule has 0 unspecified atom stereocenters. The van der Waals surface area contributed by atoms with E-state index in [-0.39, 0.29) is 11.8 Å². The number of nitrogens with zero attached hydrogens (tertiary/aromatic N) is 2. The van der Waals surface area contributed by atoms with Crippen molar-refractivity contribution >= 4 is 28.8 Å². The molecule has 4 heteroatoms. The summed E-state index contributed by atoms with van der Waals surface area (Å²) in [6, 6.07) is 21.7. The third kappa shape index (κ3) is 3.23. The molecule has 5 rings (SSSR count). The number of rotatable bonds is 3. The number of hydrogen-bond donors (Lipinski definition) is 0. The lowest BCUT2D eigenvalue weighted by Crippen LogP contribution is -2.37. The van der Waals surface area contributed by atoms with Gasteiger partial charge in [-0.05, 0) is 74.1 Å². The maximum absolute atomic E-state index is 13.9. The summed E-state index contributed by atoms with van der Waals surface area (Å²) < 4.78 is 0. The van der Waals surface area contributed by atoms with E-state index in [1.165, 1.54) is 10.5 Å². The molecule has 2 aliphatic rings. The van der Waals surface area contributed by atoms with E-state index in [0.717, 1.165) is 40.8 Å². The highest BCUT2D eigenvalue weighted by Gasteiger charge is 2.43. The number of fused-ring (bicyclic) bond motifs is 1. The van der Waals surface area contributed by atoms with E-state index in [2.05, 4.69) is 17.9 Å². The maximum atomic E-state index is 13.9. The predicted octanol–water partition coefficient (Wildman–Crippen LogP) is 5.35. The number of benzene rings is 3. The quantitative estimate of drug-likeness (QED) is 0.534. The van der Waals surface area contributed by atoms with Gasteiger partial charge in [0.05, 0.1) is 11.3 Å². The minimum absolute atomic E-state index is 0.260. The Morgan fingerprint density at radius 3 is 2.28 bits per heavy atom. The van der Waals surface area contributed by atoms with Gasteiger partial charge in [0.15, 0.2) is 0 Å². The van der Waals surface area contributed by atoms with Gasteiger partial charge in [-0.2, -0.15) is 0 Å². The maximum Gasteiger partial charge on any atom is 0.282 e. The van der Waals surface area contributed by atoms with Crippen molar-refractivity contribution in [2.75, 3.05) is 16.3 Å². The van der Waals surface area contributed by atoms with Crippen molar-refractivity contribution in [1.29, 1.82) is 0 Å². The van der Waals surface area contributed by atoms with Crippen LogP contribution in [0.25, 0.3) is 5.57 Å². The van der Waals surface area contributed by atoms with E-state index in [4.69, 9.17) is 0 Å². The topological polar surface area (TPSA) is 40.6 Å². The molecule has 0 saturated heterocycles. The summed E-state index contributed by atoms with van der Waals surface area (Å²) in [7, 11) is 0. The summed E-state index contributed by atoms with van der Waals surface area (Å²) >= 11 is 0. The Hall–Kier alpha value is -3.66. The molecule has 0 aromatic heterocycles. The lowest BCUT2D eigenvalue weighted by atomic mass is 9.97. The summed E-state index contributed by atoms with van der Waals surface area (Å²) in [5.41, 5.74) is 7.92. The molecular weight excluding hydrogens is 396 g/mol. The van der Waals surface area contributed by atoms with Gasteiger partial charge in [0.25, 0.3) is 11.8 Å². The first kappa shape index (κ1) is 20.3. The Morgan fingerprint density at radius 2 is 1.53 bits per heavy atom. The van der Waals surface area contributed by atoms with E-state index < -0.39 is 0 Å². The fourth-order valence-corrected chi connectivity index (χ4v) is 4.62. The summed E-state index contributed by atoms with van der Waals surface area (Å²) in [6.07, 6.45) is 1.91. The lowest BCUT2D eigenvalue weighted by molar-refractivity contribution is -0.120. The van der Waals surface area contributed by atoms with Crippen LogP contribution >= 0.6 is 0 Å². The van der Waals surface area contributed by atoms with Crippen LogP contribution in [-0.2, 0) is 16.0 Å². The zero-order valence-corrected chi connectivity index (χ0v) is 18.7. The lowest BCUT2D eigenvalue weighted by Gasteiger charge is -2.32. The number of amides is 2. The van der Waals surface area contributed by atoms with Crippen LogP contribution in [0.1, 0.15) is 34.2 Å². The molecule has 32 heavy (non-hydrogen) atoms. The van der Waals surface area contributed by atoms with Crippen LogP contribution in [0.2, 0.25) is 0 Å². The summed E-state index contributed by atoms with van der Waals surface area (Å²) in [6.45, 7) is 6.79. The molecule has 0 fully saturated rings. The van der Waals surface area contributed by atoms with E-state index in [9.17, 15) is 9.59 Å². The van der Waals surface area contributed by atoms with Gasteiger partial charge in [0.1, 0.15) is 5.70 Å². The minimum Gasteiger partial charge on any atom is -0.336 e. The highest BCUT2D eigenvalue weighted by Crippen LogP contribution is 2.39. The monoisotopic (exact) mass is 422 g/mol. The molecule has 2 amide bonds. The van der Waals surface area contributed by atoms with Crippen LogP contribution in [0.4, 0.5) is 11.4 Å². The molecule has 3 aromatic rings. The van der Waals surface area contributed by atoms with Gasteiger partial charge in [-0.1, -0.05) is 54.1 Å². The average molecular weight is 423 g/mol. The molecule has 3 aromatic carbocycles. The number of anilines is 2. The molecule has 160 valence electrons. The first-order valence-electron chi connectivity index (χ1n) is 11.1. The van der Waals surface area contributed by atoms with Gasteiger partial charge in [-0.25, -0.2) is 4.90 Å². The van der Waals surface area contributed by atoms with Gasteiger partial charge in [0.2, 0.25) is 0 Å². The summed E-state index contributed by atoms with van der Waals surface area (Å²) in [5.74, 6) is -0.524. The number of carbonyl (C=O) groups is 2. The molecule has 2 aliphatic heterocycles. The van der Waals surface area contributed by atoms with Crippen molar-refractivity contribution < 1.29 is 9.59 Å². The minimum atomic E-state index is -0.264. The van der Waals surface area contributed by atoms with Crippen molar-refractivity contribution in [2.45, 2.75) is 33.6 Å². The zero-order valence-electron chi connectivity index (χ0n) is 18.7. The number of para-hydroxylation sites is 1. The Labute approximate surface area is 188 Å². The average Bonchev–Trinajstić information content (AvgIpc) is 3.06. The highest BCUT2D eigenvalue weighted by atomic mass is 16.2. The van der Waals surface area contributed by atoms with Crippen LogP contribution in [0.5, 0.6) is 0 Å². The molecule has 4 nitrogen and oxygen atoms in total. The first-order chi connectivity index (χ1) is 15.5. The molecule has 0 saturated carbocycles. The Bertz CT molecular complexity index is 1270. The van der Waals surface area contributed by atoms with Crippen molar-refractivity contribution in [3.63, 3.8) is 0 Å². The molecule has 2 heterocycles. The summed E-state index contributed by atoms with van der Waals surface area (Å²) in [5, 5.41) is 0. The molecule has 0 atom stereocenters. The van der Waals surface area contributed by atoms with E-state index >= 15 is 0 Å². The largest absolute Gasteiger partial charge is 0.336 e. The van der Waals surface area contributed by atoms with Crippen molar-refractivity contribution in [1.82, 2.24) is 0 Å². The molecule has 0 bridgehead atoms. The number of aryl methyl sites for hydroxylation is 4. The fraction of sp³-hybridized carbons (Fsp3) is 0.214. The van der Waals surface area contributed by atoms with Gasteiger partial charge in [-0.3, -0.25) is 9.59 Å². The first-order valence-corrected chi connectivity index (χ1v) is 11.1.